The number of rotatable bonds is 8. The Morgan fingerprint density at radius 3 is 2.43 bits per heavy atom. The molecule has 0 heterocycles. The maximum Gasteiger partial charge on any atom is 0.330 e. The number of ether oxygens (including phenoxy) is 2. The van der Waals surface area contributed by atoms with Crippen LogP contribution < -0.4 is 4.74 Å². The van der Waals surface area contributed by atoms with Gasteiger partial charge in [-0.1, -0.05) is 44.1 Å². The van der Waals surface area contributed by atoms with Crippen molar-refractivity contribution in [3.05, 3.63) is 48.1 Å². The van der Waals surface area contributed by atoms with Crippen LogP contribution in [0.15, 0.2) is 42.5 Å². The van der Waals surface area contributed by atoms with E-state index in [1.807, 2.05) is 30.3 Å². The van der Waals surface area contributed by atoms with Gasteiger partial charge in [-0.15, -0.1) is 0 Å². The maximum absolute atomic E-state index is 11.1. The number of hydrogen-bond acceptors (Lipinski definition) is 3. The van der Waals surface area contributed by atoms with Crippen molar-refractivity contribution in [1.29, 1.82) is 0 Å². The van der Waals surface area contributed by atoms with Crippen molar-refractivity contribution in [1.82, 2.24) is 0 Å². The number of benzene rings is 1. The molecule has 0 aromatic heterocycles. The molecule has 0 unspecified atom stereocenters. The molecule has 3 nitrogen and oxygen atoms in total. The predicted octanol–water partition coefficient (Wildman–Crippen LogP) is 4.39. The highest BCUT2D eigenvalue weighted by atomic mass is 16.5. The van der Waals surface area contributed by atoms with Crippen LogP contribution in [0.4, 0.5) is 0 Å². The molecule has 114 valence electrons. The fourth-order valence-electron chi connectivity index (χ4n) is 2.01. The van der Waals surface area contributed by atoms with Crippen LogP contribution in [0.2, 0.25) is 0 Å². The van der Waals surface area contributed by atoms with Gasteiger partial charge in [0.15, 0.2) is 0 Å². The molecule has 0 atom stereocenters. The van der Waals surface area contributed by atoms with Crippen LogP contribution in [-0.4, -0.2) is 20.2 Å². The van der Waals surface area contributed by atoms with Gasteiger partial charge in [0.2, 0.25) is 0 Å². The summed E-state index contributed by atoms with van der Waals surface area (Å²) in [5.74, 6) is 0.505. The van der Waals surface area contributed by atoms with E-state index < -0.39 is 0 Å². The van der Waals surface area contributed by atoms with Gasteiger partial charge in [0.1, 0.15) is 5.75 Å². The molecule has 0 N–H and O–H groups in total. The molecule has 0 spiro atoms. The molecule has 1 aromatic rings. The third-order valence-corrected chi connectivity index (χ3v) is 3.24. The van der Waals surface area contributed by atoms with E-state index in [1.54, 1.807) is 13.2 Å². The molecule has 1 aromatic carbocycles. The van der Waals surface area contributed by atoms with Crippen molar-refractivity contribution in [2.75, 3.05) is 14.2 Å². The lowest BCUT2D eigenvalue weighted by molar-refractivity contribution is -0.134. The topological polar surface area (TPSA) is 35.5 Å². The van der Waals surface area contributed by atoms with Crippen LogP contribution in [-0.2, 0) is 9.53 Å². The number of hydrogen-bond donors (Lipinski definition) is 0. The van der Waals surface area contributed by atoms with E-state index in [1.165, 1.54) is 31.6 Å². The lowest BCUT2D eigenvalue weighted by Gasteiger charge is -2.08. The zero-order valence-corrected chi connectivity index (χ0v) is 13.1. The molecule has 0 saturated carbocycles. The number of methoxy groups -OCH3 is 2. The van der Waals surface area contributed by atoms with Gasteiger partial charge in [0.25, 0.3) is 0 Å². The van der Waals surface area contributed by atoms with Crippen molar-refractivity contribution in [2.45, 2.75) is 32.6 Å². The first-order chi connectivity index (χ1) is 10.2. The molecule has 0 aliphatic heterocycles. The number of allylic oxidation sites excluding steroid dienone is 3. The van der Waals surface area contributed by atoms with E-state index in [4.69, 9.17) is 4.74 Å². The minimum absolute atomic E-state index is 0.339. The van der Waals surface area contributed by atoms with E-state index >= 15 is 0 Å². The molecular formula is C18H24O3. The fraction of sp³-hybridized carbons (Fsp3) is 0.389. The smallest absolute Gasteiger partial charge is 0.330 e. The Kier molecular flexibility index (Phi) is 7.95. The molecule has 1 rings (SSSR count). The summed E-state index contributed by atoms with van der Waals surface area (Å²) in [5.41, 5.74) is 2.37. The molecule has 0 amide bonds. The predicted molar refractivity (Wildman–Crippen MR) is 86.3 cm³/mol. The third kappa shape index (κ3) is 6.30. The Balaban J connectivity index is 2.86. The highest BCUT2D eigenvalue weighted by Crippen LogP contribution is 2.23. The van der Waals surface area contributed by atoms with Gasteiger partial charge in [-0.2, -0.15) is 0 Å². The average Bonchev–Trinajstić information content (AvgIpc) is 2.53. The van der Waals surface area contributed by atoms with Gasteiger partial charge in [0.05, 0.1) is 14.2 Å². The molecule has 0 fully saturated rings. The van der Waals surface area contributed by atoms with Gasteiger partial charge in [0, 0.05) is 6.08 Å². The lowest BCUT2D eigenvalue weighted by Crippen LogP contribution is -1.93. The van der Waals surface area contributed by atoms with Crippen LogP contribution in [0, 0.1) is 0 Å². The molecule has 0 aliphatic carbocycles. The SMILES string of the molecule is CCCCC/C(=C\C=C\C(=O)OC)c1ccc(OC)cc1. The van der Waals surface area contributed by atoms with E-state index in [0.717, 1.165) is 24.2 Å². The quantitative estimate of drug-likeness (QED) is 0.308. The summed E-state index contributed by atoms with van der Waals surface area (Å²) in [5, 5.41) is 0. The summed E-state index contributed by atoms with van der Waals surface area (Å²) < 4.78 is 9.77. The van der Waals surface area contributed by atoms with Crippen molar-refractivity contribution >= 4 is 11.5 Å². The minimum atomic E-state index is -0.339. The number of carbonyl (C=O) groups is 1. The van der Waals surface area contributed by atoms with E-state index in [9.17, 15) is 4.79 Å². The number of unbranched alkanes of at least 4 members (excludes halogenated alkanes) is 2. The second-order valence-electron chi connectivity index (χ2n) is 4.76. The Bertz CT molecular complexity index is 484. The third-order valence-electron chi connectivity index (χ3n) is 3.24. The van der Waals surface area contributed by atoms with Gasteiger partial charge >= 0.3 is 5.97 Å². The molecule has 0 bridgehead atoms. The molecule has 0 radical (unpaired) electrons. The fourth-order valence-corrected chi connectivity index (χ4v) is 2.01. The lowest BCUT2D eigenvalue weighted by atomic mass is 9.99. The normalized spacial score (nSPS) is 11.7. The van der Waals surface area contributed by atoms with E-state index in [0.29, 0.717) is 0 Å². The summed E-state index contributed by atoms with van der Waals surface area (Å²) in [6, 6.07) is 7.99. The largest absolute Gasteiger partial charge is 0.497 e. The maximum atomic E-state index is 11.1. The summed E-state index contributed by atoms with van der Waals surface area (Å²) >= 11 is 0. The van der Waals surface area contributed by atoms with Crippen molar-refractivity contribution in [3.8, 4) is 5.75 Å². The molecule has 0 saturated heterocycles. The van der Waals surface area contributed by atoms with Crippen molar-refractivity contribution in [2.24, 2.45) is 0 Å². The van der Waals surface area contributed by atoms with Crippen molar-refractivity contribution < 1.29 is 14.3 Å². The Morgan fingerprint density at radius 1 is 1.14 bits per heavy atom. The Labute approximate surface area is 127 Å². The summed E-state index contributed by atoms with van der Waals surface area (Å²) in [6.07, 6.45) is 9.68. The van der Waals surface area contributed by atoms with Crippen LogP contribution >= 0.6 is 0 Å². The summed E-state index contributed by atoms with van der Waals surface area (Å²) in [7, 11) is 3.04. The molecule has 3 heteroatoms. The second-order valence-corrected chi connectivity index (χ2v) is 4.76. The highest BCUT2D eigenvalue weighted by molar-refractivity contribution is 5.82. The summed E-state index contributed by atoms with van der Waals surface area (Å²) in [4.78, 5) is 11.1. The van der Waals surface area contributed by atoms with Gasteiger partial charge in [-0.3, -0.25) is 0 Å². The first-order valence-corrected chi connectivity index (χ1v) is 7.30. The zero-order chi connectivity index (χ0) is 15.5. The molecular weight excluding hydrogens is 264 g/mol. The molecule has 0 aliphatic rings. The summed E-state index contributed by atoms with van der Waals surface area (Å²) in [6.45, 7) is 2.19. The van der Waals surface area contributed by atoms with Crippen LogP contribution in [0.5, 0.6) is 5.75 Å². The van der Waals surface area contributed by atoms with Gasteiger partial charge in [-0.05, 0) is 36.1 Å². The first kappa shape index (κ1) is 17.0. The van der Waals surface area contributed by atoms with E-state index in [2.05, 4.69) is 11.7 Å². The zero-order valence-electron chi connectivity index (χ0n) is 13.1. The number of carbonyl (C=O) groups excluding carboxylic acids is 1. The molecule has 21 heavy (non-hydrogen) atoms. The van der Waals surface area contributed by atoms with Gasteiger partial charge < -0.3 is 9.47 Å². The van der Waals surface area contributed by atoms with Crippen LogP contribution in [0.3, 0.4) is 0 Å². The van der Waals surface area contributed by atoms with Crippen LogP contribution in [0.25, 0.3) is 5.57 Å². The van der Waals surface area contributed by atoms with Gasteiger partial charge in [-0.25, -0.2) is 4.79 Å². The standard InChI is InChI=1S/C18H24O3/c1-4-5-6-8-15(9-7-10-18(19)21-3)16-11-13-17(20-2)14-12-16/h7,9-14H,4-6,8H2,1-3H3/b10-7+,15-9+. The average molecular weight is 288 g/mol. The second kappa shape index (κ2) is 9.81. The Morgan fingerprint density at radius 2 is 1.86 bits per heavy atom. The van der Waals surface area contributed by atoms with E-state index in [-0.39, 0.29) is 5.97 Å². The van der Waals surface area contributed by atoms with Crippen LogP contribution in [0.1, 0.15) is 38.2 Å². The minimum Gasteiger partial charge on any atom is -0.497 e. The monoisotopic (exact) mass is 288 g/mol. The highest BCUT2D eigenvalue weighted by Gasteiger charge is 2.02. The Hall–Kier alpha value is -2.03. The first-order valence-electron chi connectivity index (χ1n) is 7.30. The number of esters is 1. The van der Waals surface area contributed by atoms with Crippen molar-refractivity contribution in [3.63, 3.8) is 0 Å².